The molecule has 150 valence electrons. The van der Waals surface area contributed by atoms with Crippen molar-refractivity contribution in [1.29, 1.82) is 0 Å². The van der Waals surface area contributed by atoms with Crippen LogP contribution in [-0.4, -0.2) is 23.0 Å². The molecular weight excluding hydrogens is 384 g/mol. The zero-order valence-electron chi connectivity index (χ0n) is 16.9. The van der Waals surface area contributed by atoms with Gasteiger partial charge in [0.1, 0.15) is 0 Å². The highest BCUT2D eigenvalue weighted by atomic mass is 32.1. The average molecular weight is 409 g/mol. The summed E-state index contributed by atoms with van der Waals surface area (Å²) >= 11 is 1.39. The zero-order chi connectivity index (χ0) is 21.0. The summed E-state index contributed by atoms with van der Waals surface area (Å²) in [6.07, 6.45) is 0. The molecule has 6 nitrogen and oxygen atoms in total. The van der Waals surface area contributed by atoms with Crippen LogP contribution in [0.2, 0.25) is 0 Å². The molecule has 29 heavy (non-hydrogen) atoms. The largest absolute Gasteiger partial charge is 0.336 e. The molecular formula is C22H24N4O2S. The van der Waals surface area contributed by atoms with Gasteiger partial charge < -0.3 is 10.6 Å². The monoisotopic (exact) mass is 408 g/mol. The first-order valence-corrected chi connectivity index (χ1v) is 10.2. The molecule has 3 amide bonds. The van der Waals surface area contributed by atoms with Crippen molar-refractivity contribution in [2.45, 2.75) is 33.7 Å². The van der Waals surface area contributed by atoms with Gasteiger partial charge in [0.05, 0.1) is 5.69 Å². The van der Waals surface area contributed by atoms with Gasteiger partial charge in [0.25, 0.3) is 5.91 Å². The molecule has 0 aliphatic carbocycles. The Balaban J connectivity index is 1.65. The summed E-state index contributed by atoms with van der Waals surface area (Å²) in [5, 5.41) is 10.8. The average Bonchev–Trinajstić information content (AvgIpc) is 3.09. The van der Waals surface area contributed by atoms with Crippen molar-refractivity contribution in [2.24, 2.45) is 0 Å². The van der Waals surface area contributed by atoms with E-state index in [1.54, 1.807) is 24.3 Å². The highest BCUT2D eigenvalue weighted by Crippen LogP contribution is 2.28. The first kappa shape index (κ1) is 20.5. The van der Waals surface area contributed by atoms with Crippen LogP contribution in [0.15, 0.2) is 47.8 Å². The van der Waals surface area contributed by atoms with Crippen molar-refractivity contribution in [3.63, 3.8) is 0 Å². The molecule has 0 saturated carbocycles. The number of anilines is 2. The fourth-order valence-corrected chi connectivity index (χ4v) is 3.57. The number of nitrogens with one attached hydrogen (secondary N) is 3. The van der Waals surface area contributed by atoms with Gasteiger partial charge in [-0.25, -0.2) is 9.78 Å². The molecule has 0 unspecified atom stereocenters. The molecule has 0 aliphatic heterocycles. The molecule has 0 atom stereocenters. The fourth-order valence-electron chi connectivity index (χ4n) is 2.86. The number of amides is 3. The predicted octanol–water partition coefficient (Wildman–Crippen LogP) is 5.21. The van der Waals surface area contributed by atoms with E-state index >= 15 is 0 Å². The quantitative estimate of drug-likeness (QED) is 0.542. The van der Waals surface area contributed by atoms with Gasteiger partial charge in [0, 0.05) is 28.2 Å². The van der Waals surface area contributed by atoms with Crippen LogP contribution in [0.5, 0.6) is 0 Å². The van der Waals surface area contributed by atoms with Crippen LogP contribution in [0.25, 0.3) is 11.3 Å². The summed E-state index contributed by atoms with van der Waals surface area (Å²) in [5.41, 5.74) is 5.36. The van der Waals surface area contributed by atoms with Gasteiger partial charge in [-0.1, -0.05) is 23.8 Å². The van der Waals surface area contributed by atoms with E-state index in [0.717, 1.165) is 16.8 Å². The normalized spacial score (nSPS) is 10.7. The van der Waals surface area contributed by atoms with E-state index in [1.807, 2.05) is 25.3 Å². The van der Waals surface area contributed by atoms with Crippen LogP contribution in [0, 0.1) is 13.8 Å². The van der Waals surface area contributed by atoms with Crippen molar-refractivity contribution in [2.75, 3.05) is 10.6 Å². The van der Waals surface area contributed by atoms with E-state index < -0.39 is 0 Å². The minimum absolute atomic E-state index is 0.0481. The Morgan fingerprint density at radius 1 is 1.00 bits per heavy atom. The van der Waals surface area contributed by atoms with Crippen molar-refractivity contribution in [3.8, 4) is 11.3 Å². The van der Waals surface area contributed by atoms with Gasteiger partial charge in [-0.05, 0) is 57.5 Å². The molecule has 0 saturated heterocycles. The van der Waals surface area contributed by atoms with Crippen LogP contribution in [0.1, 0.15) is 35.3 Å². The molecule has 0 bridgehead atoms. The number of aryl methyl sites for hydroxylation is 2. The van der Waals surface area contributed by atoms with E-state index in [2.05, 4.69) is 46.9 Å². The summed E-state index contributed by atoms with van der Waals surface area (Å²) in [5.74, 6) is -0.246. The summed E-state index contributed by atoms with van der Waals surface area (Å²) < 4.78 is 0. The zero-order valence-corrected chi connectivity index (χ0v) is 17.7. The third-order valence-electron chi connectivity index (χ3n) is 4.21. The molecule has 1 aromatic heterocycles. The number of nitrogens with zero attached hydrogens (tertiary/aromatic N) is 1. The fraction of sp³-hybridized carbons (Fsp3) is 0.227. The Labute approximate surface area is 174 Å². The number of carbonyl (C=O) groups excluding carboxylic acids is 2. The van der Waals surface area contributed by atoms with Crippen LogP contribution < -0.4 is 16.0 Å². The van der Waals surface area contributed by atoms with E-state index in [9.17, 15) is 9.59 Å². The highest BCUT2D eigenvalue weighted by Gasteiger charge is 2.12. The van der Waals surface area contributed by atoms with E-state index in [0.29, 0.717) is 16.4 Å². The van der Waals surface area contributed by atoms with Crippen molar-refractivity contribution in [1.82, 2.24) is 10.3 Å². The van der Waals surface area contributed by atoms with Gasteiger partial charge in [-0.2, -0.15) is 0 Å². The SMILES string of the molecule is Cc1ccc(-c2csc(NC(=O)c3ccc(NC(=O)NC(C)C)cc3)n2)c(C)c1. The van der Waals surface area contributed by atoms with Crippen LogP contribution in [0.4, 0.5) is 15.6 Å². The predicted molar refractivity (Wildman–Crippen MR) is 119 cm³/mol. The number of benzene rings is 2. The molecule has 0 radical (unpaired) electrons. The maximum atomic E-state index is 12.5. The van der Waals surface area contributed by atoms with Crippen molar-refractivity contribution >= 4 is 34.1 Å². The van der Waals surface area contributed by atoms with Crippen LogP contribution in [-0.2, 0) is 0 Å². The van der Waals surface area contributed by atoms with Crippen LogP contribution >= 0.6 is 11.3 Å². The first-order valence-electron chi connectivity index (χ1n) is 9.34. The van der Waals surface area contributed by atoms with Crippen molar-refractivity contribution < 1.29 is 9.59 Å². The first-order chi connectivity index (χ1) is 13.8. The van der Waals surface area contributed by atoms with Crippen molar-refractivity contribution in [3.05, 3.63) is 64.5 Å². The van der Waals surface area contributed by atoms with E-state index in [1.165, 1.54) is 16.9 Å². The molecule has 1 heterocycles. The molecule has 7 heteroatoms. The Hall–Kier alpha value is -3.19. The molecule has 3 rings (SSSR count). The number of carbonyl (C=O) groups is 2. The van der Waals surface area contributed by atoms with Gasteiger partial charge in [-0.3, -0.25) is 10.1 Å². The minimum atomic E-state index is -0.279. The molecule has 0 fully saturated rings. The molecule has 0 spiro atoms. The topological polar surface area (TPSA) is 83.1 Å². The second-order valence-electron chi connectivity index (χ2n) is 7.14. The van der Waals surface area contributed by atoms with Gasteiger partial charge in [0.2, 0.25) is 0 Å². The summed E-state index contributed by atoms with van der Waals surface area (Å²) in [7, 11) is 0. The molecule has 3 N–H and O–H groups in total. The second-order valence-corrected chi connectivity index (χ2v) is 8.00. The molecule has 3 aromatic rings. The summed E-state index contributed by atoms with van der Waals surface area (Å²) in [6, 6.07) is 12.7. The Morgan fingerprint density at radius 2 is 1.72 bits per heavy atom. The maximum Gasteiger partial charge on any atom is 0.319 e. The Bertz CT molecular complexity index is 1030. The lowest BCUT2D eigenvalue weighted by molar-refractivity contribution is 0.102. The van der Waals surface area contributed by atoms with Gasteiger partial charge in [-0.15, -0.1) is 11.3 Å². The van der Waals surface area contributed by atoms with E-state index in [-0.39, 0.29) is 18.0 Å². The number of hydrogen-bond acceptors (Lipinski definition) is 4. The lowest BCUT2D eigenvalue weighted by Crippen LogP contribution is -2.34. The summed E-state index contributed by atoms with van der Waals surface area (Å²) in [6.45, 7) is 7.88. The van der Waals surface area contributed by atoms with Crippen LogP contribution in [0.3, 0.4) is 0 Å². The Kier molecular flexibility index (Phi) is 6.29. The number of hydrogen-bond donors (Lipinski definition) is 3. The number of thiazole rings is 1. The third-order valence-corrected chi connectivity index (χ3v) is 4.96. The van der Waals surface area contributed by atoms with E-state index in [4.69, 9.17) is 0 Å². The maximum absolute atomic E-state index is 12.5. The second kappa shape index (κ2) is 8.87. The number of urea groups is 1. The lowest BCUT2D eigenvalue weighted by atomic mass is 10.0. The number of aromatic nitrogens is 1. The smallest absolute Gasteiger partial charge is 0.319 e. The third kappa shape index (κ3) is 5.42. The highest BCUT2D eigenvalue weighted by molar-refractivity contribution is 7.14. The van der Waals surface area contributed by atoms with Gasteiger partial charge in [0.15, 0.2) is 5.13 Å². The molecule has 0 aliphatic rings. The lowest BCUT2D eigenvalue weighted by Gasteiger charge is -2.10. The minimum Gasteiger partial charge on any atom is -0.336 e. The van der Waals surface area contributed by atoms with Gasteiger partial charge >= 0.3 is 6.03 Å². The standard InChI is InChI=1S/C22H24N4O2S/c1-13(2)23-21(28)24-17-8-6-16(7-9-17)20(27)26-22-25-19(12-29-22)18-10-5-14(3)11-15(18)4/h5-13H,1-4H3,(H2,23,24,28)(H,25,26,27). The summed E-state index contributed by atoms with van der Waals surface area (Å²) in [4.78, 5) is 28.8. The number of rotatable bonds is 5. The Morgan fingerprint density at radius 3 is 2.38 bits per heavy atom. The molecule has 2 aromatic carbocycles.